The third-order valence-corrected chi connectivity index (χ3v) is 16.2. The molecule has 0 radical (unpaired) electrons. The number of nitrogens with zero attached hydrogens (tertiary/aromatic N) is 1. The number of furan rings is 1. The maximum Gasteiger partial charge on any atom is 0.423 e. The van der Waals surface area contributed by atoms with Crippen LogP contribution in [0.5, 0.6) is 0 Å². The molecule has 9 nitrogen and oxygen atoms in total. The van der Waals surface area contributed by atoms with Crippen LogP contribution in [0.25, 0.3) is 11.6 Å². The van der Waals surface area contributed by atoms with Gasteiger partial charge in [0, 0.05) is 5.92 Å². The van der Waals surface area contributed by atoms with Crippen LogP contribution < -0.4 is 10.4 Å². The molecule has 0 bridgehead atoms. The van der Waals surface area contributed by atoms with E-state index >= 15 is 0 Å². The standard InChI is InChI=1S/C44H47NO8Si/c1-44(2,3)54(34-16-10-6-11-17-34,35-18-12-7-13-19-35)52-27-31-25-36-40(42(48)45(41(36)47)43(49)50-4)37-28-51-38(39(31)37)23-20-30(29-14-8-5-9-15-29)24-32-21-22-33(26-46)53-32/h5-19,21-22,24,36-38,40,46H,20,23,25-28H2,1-4H3/b30-24-/t36-,37+,38-,40-/m1/s1. The molecule has 3 amide bonds. The molecule has 0 spiro atoms. The Kier molecular flexibility index (Phi) is 10.7. The fourth-order valence-electron chi connectivity index (χ4n) is 8.80. The van der Waals surface area contributed by atoms with Crippen LogP contribution in [0.1, 0.15) is 57.1 Å². The normalized spacial score (nSPS) is 21.7. The number of rotatable bonds is 11. The van der Waals surface area contributed by atoms with Crippen LogP contribution in [0.15, 0.2) is 119 Å². The van der Waals surface area contributed by atoms with Crippen molar-refractivity contribution < 1.29 is 37.8 Å². The van der Waals surface area contributed by atoms with E-state index in [2.05, 4.69) is 81.4 Å². The van der Waals surface area contributed by atoms with Crippen molar-refractivity contribution in [3.8, 4) is 0 Å². The molecule has 3 heterocycles. The molecule has 2 aliphatic heterocycles. The second kappa shape index (κ2) is 15.5. The van der Waals surface area contributed by atoms with E-state index < -0.39 is 38.1 Å². The summed E-state index contributed by atoms with van der Waals surface area (Å²) in [6.45, 7) is 7.00. The van der Waals surface area contributed by atoms with E-state index in [1.54, 1.807) is 6.07 Å². The molecular formula is C44H47NO8Si. The molecule has 280 valence electrons. The SMILES string of the molecule is COC(=O)N1C(=O)[C@@H]2[C@@H](CC(CO[Si](c3ccccc3)(c3ccccc3)C(C)(C)C)=C3[C@@H](CC/C(=C/c4ccc(CO)o4)c4ccccc4)OC[C@@H]32)C1=O. The van der Waals surface area contributed by atoms with Gasteiger partial charge in [0.05, 0.1) is 38.3 Å². The third-order valence-electron chi connectivity index (χ3n) is 11.2. The van der Waals surface area contributed by atoms with E-state index in [0.717, 1.165) is 32.7 Å². The van der Waals surface area contributed by atoms with Crippen molar-refractivity contribution in [1.82, 2.24) is 4.90 Å². The summed E-state index contributed by atoms with van der Waals surface area (Å²) in [6.07, 6.45) is 2.19. The minimum atomic E-state index is -2.97. The highest BCUT2D eigenvalue weighted by Crippen LogP contribution is 2.51. The number of carbonyl (C=O) groups is 3. The van der Waals surface area contributed by atoms with Crippen molar-refractivity contribution in [1.29, 1.82) is 0 Å². The van der Waals surface area contributed by atoms with Gasteiger partial charge in [-0.2, -0.15) is 4.90 Å². The average Bonchev–Trinajstić information content (AvgIpc) is 3.90. The largest absolute Gasteiger partial charge is 0.459 e. The van der Waals surface area contributed by atoms with Crippen molar-refractivity contribution in [3.63, 3.8) is 0 Å². The third kappa shape index (κ3) is 6.83. The predicted molar refractivity (Wildman–Crippen MR) is 208 cm³/mol. The molecule has 1 aliphatic carbocycles. The van der Waals surface area contributed by atoms with Gasteiger partial charge in [-0.05, 0) is 75.2 Å². The molecule has 54 heavy (non-hydrogen) atoms. The Labute approximate surface area is 317 Å². The van der Waals surface area contributed by atoms with Gasteiger partial charge in [-0.25, -0.2) is 4.79 Å². The van der Waals surface area contributed by atoms with Crippen molar-refractivity contribution in [2.24, 2.45) is 17.8 Å². The molecule has 0 unspecified atom stereocenters. The van der Waals surface area contributed by atoms with Gasteiger partial charge >= 0.3 is 6.09 Å². The Morgan fingerprint density at radius 1 is 0.889 bits per heavy atom. The lowest BCUT2D eigenvalue weighted by atomic mass is 9.69. The summed E-state index contributed by atoms with van der Waals surface area (Å²) in [5, 5.41) is 11.6. The highest BCUT2D eigenvalue weighted by molar-refractivity contribution is 6.99. The Bertz CT molecular complexity index is 2010. The summed E-state index contributed by atoms with van der Waals surface area (Å²) >= 11 is 0. The molecule has 0 saturated carbocycles. The topological polar surface area (TPSA) is 116 Å². The highest BCUT2D eigenvalue weighted by atomic mass is 28.4. The molecule has 7 rings (SSSR count). The zero-order valence-corrected chi connectivity index (χ0v) is 32.2. The molecule has 2 fully saturated rings. The summed E-state index contributed by atoms with van der Waals surface area (Å²) in [5.41, 5.74) is 4.01. The monoisotopic (exact) mass is 745 g/mol. The van der Waals surface area contributed by atoms with Crippen LogP contribution >= 0.6 is 0 Å². The van der Waals surface area contributed by atoms with E-state index in [0.29, 0.717) is 29.3 Å². The maximum atomic E-state index is 13.9. The molecule has 3 aliphatic rings. The summed E-state index contributed by atoms with van der Waals surface area (Å²) in [5.74, 6) is -1.77. The number of aliphatic hydroxyl groups excluding tert-OH is 1. The molecule has 10 heteroatoms. The van der Waals surface area contributed by atoms with Crippen LogP contribution in [-0.2, 0) is 30.1 Å². The number of amides is 3. The summed E-state index contributed by atoms with van der Waals surface area (Å²) < 4.78 is 24.7. The zero-order chi connectivity index (χ0) is 38.0. The van der Waals surface area contributed by atoms with Crippen LogP contribution in [-0.4, -0.2) is 62.7 Å². The van der Waals surface area contributed by atoms with Gasteiger partial charge in [0.1, 0.15) is 18.1 Å². The van der Waals surface area contributed by atoms with Gasteiger partial charge in [-0.15, -0.1) is 0 Å². The quantitative estimate of drug-likeness (QED) is 0.102. The minimum absolute atomic E-state index is 0.185. The lowest BCUT2D eigenvalue weighted by molar-refractivity contribution is -0.137. The number of allylic oxidation sites excluding steroid dienone is 1. The number of ether oxygens (including phenoxy) is 2. The van der Waals surface area contributed by atoms with Crippen LogP contribution in [0.3, 0.4) is 0 Å². The number of methoxy groups -OCH3 is 1. The lowest BCUT2D eigenvalue weighted by Crippen LogP contribution is -2.66. The number of hydrogen-bond acceptors (Lipinski definition) is 8. The van der Waals surface area contributed by atoms with Gasteiger partial charge in [-0.1, -0.05) is 112 Å². The van der Waals surface area contributed by atoms with Gasteiger partial charge in [0.15, 0.2) is 0 Å². The minimum Gasteiger partial charge on any atom is -0.459 e. The van der Waals surface area contributed by atoms with Crippen molar-refractivity contribution in [2.45, 2.75) is 57.8 Å². The first-order valence-electron chi connectivity index (χ1n) is 18.6. The Hall–Kier alpha value is -4.87. The summed E-state index contributed by atoms with van der Waals surface area (Å²) in [6, 6.07) is 34.5. The first-order valence-corrected chi connectivity index (χ1v) is 20.5. The van der Waals surface area contributed by atoms with Crippen molar-refractivity contribution >= 4 is 48.2 Å². The number of likely N-dealkylation sites (tertiary alicyclic amines) is 1. The fourth-order valence-corrected chi connectivity index (χ4v) is 13.3. The number of aliphatic hydroxyl groups is 1. The van der Waals surface area contributed by atoms with Crippen LogP contribution in [0, 0.1) is 17.8 Å². The smallest absolute Gasteiger partial charge is 0.423 e. The van der Waals surface area contributed by atoms with E-state index in [1.807, 2.05) is 42.5 Å². The van der Waals surface area contributed by atoms with Crippen LogP contribution in [0.4, 0.5) is 4.79 Å². The summed E-state index contributed by atoms with van der Waals surface area (Å²) in [7, 11) is -1.80. The number of benzene rings is 3. The van der Waals surface area contributed by atoms with Crippen molar-refractivity contribution in [2.75, 3.05) is 20.3 Å². The number of fused-ring (bicyclic) bond motifs is 3. The molecule has 4 aromatic rings. The molecule has 3 aromatic carbocycles. The number of carbonyl (C=O) groups excluding carboxylic acids is 3. The second-order valence-corrected chi connectivity index (χ2v) is 19.6. The maximum absolute atomic E-state index is 13.9. The predicted octanol–water partition coefficient (Wildman–Crippen LogP) is 6.75. The fraction of sp³-hybridized carbons (Fsp3) is 0.341. The molecule has 1 N–H and O–H groups in total. The van der Waals surface area contributed by atoms with Gasteiger partial charge in [0.2, 0.25) is 11.8 Å². The first-order chi connectivity index (χ1) is 26.1. The van der Waals surface area contributed by atoms with Gasteiger partial charge in [0.25, 0.3) is 8.32 Å². The summed E-state index contributed by atoms with van der Waals surface area (Å²) in [4.78, 5) is 41.1. The molecule has 4 atom stereocenters. The van der Waals surface area contributed by atoms with E-state index in [4.69, 9.17) is 18.3 Å². The van der Waals surface area contributed by atoms with Crippen LogP contribution in [0.2, 0.25) is 5.04 Å². The number of imide groups is 3. The molecular weight excluding hydrogens is 699 g/mol. The molecule has 2 saturated heterocycles. The van der Waals surface area contributed by atoms with E-state index in [-0.39, 0.29) is 43.3 Å². The second-order valence-electron chi connectivity index (χ2n) is 15.3. The van der Waals surface area contributed by atoms with Gasteiger partial charge in [-0.3, -0.25) is 9.59 Å². The van der Waals surface area contributed by atoms with E-state index in [1.165, 1.54) is 7.11 Å². The lowest BCUT2D eigenvalue weighted by Gasteiger charge is -2.44. The first kappa shape index (κ1) is 37.4. The highest BCUT2D eigenvalue weighted by Gasteiger charge is 2.59. The molecule has 1 aromatic heterocycles. The van der Waals surface area contributed by atoms with Crippen molar-refractivity contribution in [3.05, 3.63) is 131 Å². The Morgan fingerprint density at radius 3 is 2.09 bits per heavy atom. The Balaban J connectivity index is 1.28. The van der Waals surface area contributed by atoms with E-state index in [9.17, 15) is 19.5 Å². The van der Waals surface area contributed by atoms with Gasteiger partial charge < -0.3 is 23.4 Å². The Morgan fingerprint density at radius 2 is 1.52 bits per heavy atom. The average molecular weight is 746 g/mol. The zero-order valence-electron chi connectivity index (χ0n) is 31.2. The number of hydrogen-bond donors (Lipinski definition) is 1.